The van der Waals surface area contributed by atoms with Crippen LogP contribution in [-0.4, -0.2) is 45.6 Å². The van der Waals surface area contributed by atoms with Gasteiger partial charge in [-0.2, -0.15) is 11.8 Å². The van der Waals surface area contributed by atoms with Gasteiger partial charge in [0.1, 0.15) is 6.04 Å². The van der Waals surface area contributed by atoms with Gasteiger partial charge in [-0.25, -0.2) is 0 Å². The van der Waals surface area contributed by atoms with Gasteiger partial charge in [0, 0.05) is 23.6 Å². The average molecular weight is 243 g/mol. The molecule has 1 heterocycles. The van der Waals surface area contributed by atoms with E-state index in [1.165, 1.54) is 0 Å². The number of rotatable bonds is 3. The van der Waals surface area contributed by atoms with Crippen molar-refractivity contribution in [2.24, 2.45) is 5.92 Å². The number of hydrogen-bond acceptors (Lipinski definition) is 3. The zero-order valence-electron chi connectivity index (χ0n) is 10.1. The summed E-state index contributed by atoms with van der Waals surface area (Å²) in [6.07, 6.45) is 3.29. The zero-order chi connectivity index (χ0) is 11.8. The van der Waals surface area contributed by atoms with Crippen LogP contribution >= 0.6 is 11.8 Å². The van der Waals surface area contributed by atoms with Crippen molar-refractivity contribution in [1.82, 2.24) is 4.90 Å². The summed E-state index contributed by atoms with van der Waals surface area (Å²) in [6, 6.07) is -0.213. The van der Waals surface area contributed by atoms with E-state index in [1.54, 1.807) is 0 Å². The Kier molecular flexibility index (Phi) is 3.50. The Hall–Kier alpha value is -0.220. The molecule has 1 saturated carbocycles. The van der Waals surface area contributed by atoms with Crippen LogP contribution in [0.25, 0.3) is 0 Å². The van der Waals surface area contributed by atoms with Crippen molar-refractivity contribution in [3.8, 4) is 0 Å². The molecule has 1 saturated heterocycles. The summed E-state index contributed by atoms with van der Waals surface area (Å²) < 4.78 is 0.307. The molecule has 0 radical (unpaired) electrons. The van der Waals surface area contributed by atoms with Gasteiger partial charge in [-0.05, 0) is 25.2 Å². The van der Waals surface area contributed by atoms with E-state index < -0.39 is 5.97 Å². The molecule has 92 valence electrons. The molecule has 1 unspecified atom stereocenters. The molecule has 0 spiro atoms. The average Bonchev–Trinajstić information content (AvgIpc) is 2.96. The highest BCUT2D eigenvalue weighted by Gasteiger charge is 2.41. The first kappa shape index (κ1) is 12.2. The van der Waals surface area contributed by atoms with Gasteiger partial charge in [0.2, 0.25) is 0 Å². The SMILES string of the molecule is CC1(C)CCN(C(C(=O)O)C2CC2)CCS1. The van der Waals surface area contributed by atoms with Gasteiger partial charge < -0.3 is 5.11 Å². The second-order valence-electron chi connectivity index (χ2n) is 5.51. The summed E-state index contributed by atoms with van der Waals surface area (Å²) in [5, 5.41) is 9.31. The summed E-state index contributed by atoms with van der Waals surface area (Å²) in [5.74, 6) is 0.861. The lowest BCUT2D eigenvalue weighted by Crippen LogP contribution is -2.44. The molecule has 0 aromatic rings. The van der Waals surface area contributed by atoms with Crippen LogP contribution in [0, 0.1) is 5.92 Å². The molecule has 1 aliphatic carbocycles. The number of aliphatic carboxylic acids is 1. The summed E-state index contributed by atoms with van der Waals surface area (Å²) in [7, 11) is 0. The first-order valence-electron chi connectivity index (χ1n) is 6.10. The minimum absolute atomic E-state index is 0.213. The molecule has 2 rings (SSSR count). The van der Waals surface area contributed by atoms with Gasteiger partial charge in [0.25, 0.3) is 0 Å². The van der Waals surface area contributed by atoms with Crippen molar-refractivity contribution in [3.05, 3.63) is 0 Å². The molecule has 2 aliphatic rings. The Morgan fingerprint density at radius 2 is 2.12 bits per heavy atom. The molecule has 0 aromatic carbocycles. The molecule has 3 nitrogen and oxygen atoms in total. The van der Waals surface area contributed by atoms with Crippen LogP contribution in [0.1, 0.15) is 33.1 Å². The molecule has 1 atom stereocenters. The molecule has 0 amide bonds. The van der Waals surface area contributed by atoms with Gasteiger partial charge in [0.05, 0.1) is 0 Å². The predicted octanol–water partition coefficient (Wildman–Crippen LogP) is 2.07. The molecule has 0 aromatic heterocycles. The largest absolute Gasteiger partial charge is 0.480 e. The van der Waals surface area contributed by atoms with Crippen LogP contribution in [0.2, 0.25) is 0 Å². The molecular weight excluding hydrogens is 222 g/mol. The fraction of sp³-hybridized carbons (Fsp3) is 0.917. The number of hydrogen-bond donors (Lipinski definition) is 1. The summed E-state index contributed by atoms with van der Waals surface area (Å²) >= 11 is 1.97. The Balaban J connectivity index is 2.00. The Bertz CT molecular complexity index is 276. The van der Waals surface area contributed by atoms with Crippen molar-refractivity contribution < 1.29 is 9.90 Å². The van der Waals surface area contributed by atoms with Crippen molar-refractivity contribution in [3.63, 3.8) is 0 Å². The van der Waals surface area contributed by atoms with Crippen molar-refractivity contribution >= 4 is 17.7 Å². The van der Waals surface area contributed by atoms with Crippen LogP contribution < -0.4 is 0 Å². The maximum Gasteiger partial charge on any atom is 0.321 e. The minimum atomic E-state index is -0.618. The summed E-state index contributed by atoms with van der Waals surface area (Å²) in [4.78, 5) is 13.5. The van der Waals surface area contributed by atoms with Crippen molar-refractivity contribution in [2.75, 3.05) is 18.8 Å². The van der Waals surface area contributed by atoms with Gasteiger partial charge in [-0.3, -0.25) is 9.69 Å². The number of carboxylic acid groups (broad SMARTS) is 1. The molecule has 4 heteroatoms. The Morgan fingerprint density at radius 1 is 1.44 bits per heavy atom. The Morgan fingerprint density at radius 3 is 2.69 bits per heavy atom. The van der Waals surface area contributed by atoms with Crippen LogP contribution in [0.3, 0.4) is 0 Å². The fourth-order valence-corrected chi connectivity index (χ4v) is 3.50. The predicted molar refractivity (Wildman–Crippen MR) is 66.9 cm³/mol. The van der Waals surface area contributed by atoms with Gasteiger partial charge >= 0.3 is 5.97 Å². The zero-order valence-corrected chi connectivity index (χ0v) is 10.9. The van der Waals surface area contributed by atoms with E-state index >= 15 is 0 Å². The standard InChI is InChI=1S/C12H21NO2S/c1-12(2)5-6-13(7-8-16-12)10(11(14)15)9-3-4-9/h9-10H,3-8H2,1-2H3,(H,14,15). The first-order chi connectivity index (χ1) is 7.49. The third-order valence-electron chi connectivity index (χ3n) is 3.59. The second kappa shape index (κ2) is 4.57. The topological polar surface area (TPSA) is 40.5 Å². The normalized spacial score (nSPS) is 28.4. The lowest BCUT2D eigenvalue weighted by Gasteiger charge is -2.27. The molecule has 0 bridgehead atoms. The van der Waals surface area contributed by atoms with Crippen LogP contribution in [0.5, 0.6) is 0 Å². The highest BCUT2D eigenvalue weighted by Crippen LogP contribution is 2.38. The van der Waals surface area contributed by atoms with E-state index in [2.05, 4.69) is 18.7 Å². The van der Waals surface area contributed by atoms with E-state index in [0.717, 1.165) is 38.1 Å². The maximum absolute atomic E-state index is 11.3. The molecule has 16 heavy (non-hydrogen) atoms. The van der Waals surface area contributed by atoms with E-state index in [4.69, 9.17) is 0 Å². The molecule has 1 aliphatic heterocycles. The highest BCUT2D eigenvalue weighted by molar-refractivity contribution is 8.00. The van der Waals surface area contributed by atoms with Crippen LogP contribution in [0.15, 0.2) is 0 Å². The lowest BCUT2D eigenvalue weighted by atomic mass is 10.1. The fourth-order valence-electron chi connectivity index (χ4n) is 2.38. The molecule has 2 fully saturated rings. The highest BCUT2D eigenvalue weighted by atomic mass is 32.2. The maximum atomic E-state index is 11.3. The number of nitrogens with zero attached hydrogens (tertiary/aromatic N) is 1. The van der Waals surface area contributed by atoms with Crippen molar-refractivity contribution in [2.45, 2.75) is 43.9 Å². The lowest BCUT2D eigenvalue weighted by molar-refractivity contribution is -0.144. The van der Waals surface area contributed by atoms with E-state index in [1.807, 2.05) is 11.8 Å². The van der Waals surface area contributed by atoms with E-state index in [-0.39, 0.29) is 6.04 Å². The summed E-state index contributed by atoms with van der Waals surface area (Å²) in [5.41, 5.74) is 0. The smallest absolute Gasteiger partial charge is 0.321 e. The minimum Gasteiger partial charge on any atom is -0.480 e. The van der Waals surface area contributed by atoms with Crippen LogP contribution in [-0.2, 0) is 4.79 Å². The molecule has 1 N–H and O–H groups in total. The third kappa shape index (κ3) is 2.92. The molecular formula is C12H21NO2S. The van der Waals surface area contributed by atoms with Gasteiger partial charge in [-0.1, -0.05) is 13.8 Å². The van der Waals surface area contributed by atoms with Crippen LogP contribution in [0.4, 0.5) is 0 Å². The monoisotopic (exact) mass is 243 g/mol. The first-order valence-corrected chi connectivity index (χ1v) is 7.09. The van der Waals surface area contributed by atoms with E-state index in [0.29, 0.717) is 10.7 Å². The number of thioether (sulfide) groups is 1. The third-order valence-corrected chi connectivity index (χ3v) is 4.96. The summed E-state index contributed by atoms with van der Waals surface area (Å²) in [6.45, 7) is 6.39. The van der Waals surface area contributed by atoms with E-state index in [9.17, 15) is 9.90 Å². The number of carbonyl (C=O) groups is 1. The van der Waals surface area contributed by atoms with Gasteiger partial charge in [-0.15, -0.1) is 0 Å². The van der Waals surface area contributed by atoms with Gasteiger partial charge in [0.15, 0.2) is 0 Å². The quantitative estimate of drug-likeness (QED) is 0.824. The second-order valence-corrected chi connectivity index (χ2v) is 7.32. The van der Waals surface area contributed by atoms with Crippen molar-refractivity contribution in [1.29, 1.82) is 0 Å². The Labute approximate surface area is 102 Å². The number of carboxylic acids is 1.